The van der Waals surface area contributed by atoms with Gasteiger partial charge in [-0.25, -0.2) is 0 Å². The van der Waals surface area contributed by atoms with Crippen LogP contribution in [0.3, 0.4) is 0 Å². The first-order chi connectivity index (χ1) is 1.91. The maximum absolute atomic E-state index is 7.55. The van der Waals surface area contributed by atoms with Crippen molar-refractivity contribution >= 4 is 42.2 Å². The van der Waals surface area contributed by atoms with E-state index < -0.39 is 0 Å². The monoisotopic (exact) mass is 97.0 g/mol. The molecule has 0 heterocycles. The van der Waals surface area contributed by atoms with Crippen LogP contribution in [0.5, 0.6) is 0 Å². The van der Waals surface area contributed by atoms with Crippen LogP contribution in [0, 0.1) is 11.3 Å². The second-order valence-corrected chi connectivity index (χ2v) is 0.632. The second-order valence-electron chi connectivity index (χ2n) is 0.316. The van der Waals surface area contributed by atoms with Gasteiger partial charge >= 0.3 is 29.6 Å². The van der Waals surface area contributed by atoms with Crippen LogP contribution in [0.4, 0.5) is 0 Å². The molecule has 0 aromatic rings. The summed E-state index contributed by atoms with van der Waals surface area (Å²) >= 11 is 3.56. The van der Waals surface area contributed by atoms with E-state index in [2.05, 4.69) is 12.6 Å². The van der Waals surface area contributed by atoms with Crippen LogP contribution in [0.25, 0.3) is 0 Å². The molecule has 3 heteroatoms. The summed E-state index contributed by atoms with van der Waals surface area (Å²) in [6, 6.07) is 1.79. The average Bonchev–Trinajstić information content (AvgIpc) is 1.37. The van der Waals surface area contributed by atoms with Crippen LogP contribution in [-0.2, 0) is 0 Å². The fourth-order valence-electron chi connectivity index (χ4n) is 0. The average molecular weight is 97.1 g/mol. The quantitative estimate of drug-likeness (QED) is 0.328. The molecule has 0 saturated carbocycles. The molecule has 0 atom stereocenters. The van der Waals surface area contributed by atoms with Crippen molar-refractivity contribution in [1.82, 2.24) is 0 Å². The first kappa shape index (κ1) is 9.28. The van der Waals surface area contributed by atoms with Gasteiger partial charge in [0.05, 0.1) is 11.8 Å². The van der Waals surface area contributed by atoms with E-state index in [4.69, 9.17) is 5.26 Å². The first-order valence-electron chi connectivity index (χ1n) is 0.893. The summed E-state index contributed by atoms with van der Waals surface area (Å²) in [6.45, 7) is 0. The Balaban J connectivity index is 0. The number of rotatable bonds is 0. The molecule has 0 unspecified atom stereocenters. The third kappa shape index (κ3) is 11.5. The molecule has 0 aliphatic rings. The molecular formula is C2H4NNaS. The Morgan fingerprint density at radius 3 is 2.00 bits per heavy atom. The van der Waals surface area contributed by atoms with Gasteiger partial charge in [-0.2, -0.15) is 17.9 Å². The van der Waals surface area contributed by atoms with E-state index in [9.17, 15) is 0 Å². The van der Waals surface area contributed by atoms with Crippen molar-refractivity contribution in [3.05, 3.63) is 0 Å². The molecule has 0 bridgehead atoms. The van der Waals surface area contributed by atoms with Gasteiger partial charge in [0.15, 0.2) is 0 Å². The molecule has 1 nitrogen and oxygen atoms in total. The van der Waals surface area contributed by atoms with Crippen molar-refractivity contribution in [3.8, 4) is 6.07 Å². The molecule has 0 rings (SSSR count). The molecule has 0 aromatic heterocycles. The molecule has 24 valence electrons. The standard InChI is InChI=1S/C2H3NS.Na.H/c3-1-2-4;;/h4H,2H2;;. The van der Waals surface area contributed by atoms with Crippen molar-refractivity contribution in [1.29, 1.82) is 5.26 Å². The number of thiol groups is 1. The zero-order valence-electron chi connectivity index (χ0n) is 2.10. The molecule has 0 spiro atoms. The topological polar surface area (TPSA) is 23.8 Å². The Labute approximate surface area is 59.1 Å². The molecule has 0 aliphatic heterocycles. The summed E-state index contributed by atoms with van der Waals surface area (Å²) in [5.74, 6) is 0.319. The van der Waals surface area contributed by atoms with E-state index in [0.29, 0.717) is 5.75 Å². The van der Waals surface area contributed by atoms with Crippen LogP contribution >= 0.6 is 12.6 Å². The maximum atomic E-state index is 7.55. The molecule has 0 amide bonds. The molecule has 0 fully saturated rings. The number of hydrogen-bond donors (Lipinski definition) is 1. The SMILES string of the molecule is N#CCS.[NaH]. The minimum absolute atomic E-state index is 0. The van der Waals surface area contributed by atoms with Gasteiger partial charge in [0.25, 0.3) is 0 Å². The summed E-state index contributed by atoms with van der Waals surface area (Å²) < 4.78 is 0. The summed E-state index contributed by atoms with van der Waals surface area (Å²) in [6.07, 6.45) is 0. The van der Waals surface area contributed by atoms with E-state index in [1.165, 1.54) is 0 Å². The van der Waals surface area contributed by atoms with Gasteiger partial charge in [0.2, 0.25) is 0 Å². The van der Waals surface area contributed by atoms with Gasteiger partial charge in [-0.15, -0.1) is 0 Å². The van der Waals surface area contributed by atoms with Crippen LogP contribution < -0.4 is 0 Å². The first-order valence-corrected chi connectivity index (χ1v) is 1.53. The molecule has 5 heavy (non-hydrogen) atoms. The van der Waals surface area contributed by atoms with E-state index in [-0.39, 0.29) is 29.6 Å². The summed E-state index contributed by atoms with van der Waals surface area (Å²) in [4.78, 5) is 0. The van der Waals surface area contributed by atoms with Gasteiger partial charge < -0.3 is 0 Å². The molecule has 0 aliphatic carbocycles. The predicted octanol–water partition coefficient (Wildman–Crippen LogP) is -0.209. The molecule has 0 N–H and O–H groups in total. The van der Waals surface area contributed by atoms with Gasteiger partial charge in [0, 0.05) is 0 Å². The Morgan fingerprint density at radius 2 is 2.00 bits per heavy atom. The Morgan fingerprint density at radius 1 is 1.80 bits per heavy atom. The summed E-state index contributed by atoms with van der Waals surface area (Å²) in [5.41, 5.74) is 0. The Bertz CT molecular complexity index is 39.4. The molecule has 0 aromatic carbocycles. The predicted molar refractivity (Wildman–Crippen MR) is 26.6 cm³/mol. The zero-order valence-corrected chi connectivity index (χ0v) is 3.00. The van der Waals surface area contributed by atoms with Crippen LogP contribution in [0.15, 0.2) is 0 Å². The number of nitriles is 1. The van der Waals surface area contributed by atoms with E-state index >= 15 is 0 Å². The van der Waals surface area contributed by atoms with E-state index in [1.54, 1.807) is 6.07 Å². The fourth-order valence-corrected chi connectivity index (χ4v) is 0. The third-order valence-electron chi connectivity index (χ3n) is 0.0707. The third-order valence-corrected chi connectivity index (χ3v) is 0.212. The van der Waals surface area contributed by atoms with E-state index in [0.717, 1.165) is 0 Å². The van der Waals surface area contributed by atoms with Crippen LogP contribution in [0.2, 0.25) is 0 Å². The number of nitrogens with zero attached hydrogens (tertiary/aromatic N) is 1. The molecule has 0 saturated heterocycles. The van der Waals surface area contributed by atoms with Gasteiger partial charge in [0.1, 0.15) is 0 Å². The van der Waals surface area contributed by atoms with Crippen molar-refractivity contribution in [2.75, 3.05) is 5.75 Å². The van der Waals surface area contributed by atoms with Crippen molar-refractivity contribution < 1.29 is 0 Å². The van der Waals surface area contributed by atoms with Crippen molar-refractivity contribution in [3.63, 3.8) is 0 Å². The summed E-state index contributed by atoms with van der Waals surface area (Å²) in [7, 11) is 0. The van der Waals surface area contributed by atoms with Gasteiger partial charge in [-0.3, -0.25) is 0 Å². The summed E-state index contributed by atoms with van der Waals surface area (Å²) in [5, 5.41) is 7.55. The second kappa shape index (κ2) is 8.85. The number of hydrogen-bond acceptors (Lipinski definition) is 2. The molecular weight excluding hydrogens is 93.1 g/mol. The van der Waals surface area contributed by atoms with E-state index in [1.807, 2.05) is 0 Å². The van der Waals surface area contributed by atoms with Crippen molar-refractivity contribution in [2.45, 2.75) is 0 Å². The van der Waals surface area contributed by atoms with Crippen LogP contribution in [0.1, 0.15) is 0 Å². The normalized spacial score (nSPS) is 4.00. The van der Waals surface area contributed by atoms with Crippen molar-refractivity contribution in [2.24, 2.45) is 0 Å². The van der Waals surface area contributed by atoms with Gasteiger partial charge in [-0.05, 0) is 0 Å². The van der Waals surface area contributed by atoms with Gasteiger partial charge in [-0.1, -0.05) is 0 Å². The zero-order chi connectivity index (χ0) is 3.41. The Hall–Kier alpha value is 0.840. The Kier molecular flexibility index (Phi) is 16.4. The molecule has 0 radical (unpaired) electrons. The minimum atomic E-state index is 0. The fraction of sp³-hybridized carbons (Fsp3) is 0.500. The van der Waals surface area contributed by atoms with Crippen LogP contribution in [-0.4, -0.2) is 35.3 Å².